The van der Waals surface area contributed by atoms with Crippen LogP contribution in [0.1, 0.15) is 53.9 Å². The van der Waals surface area contributed by atoms with E-state index in [1.807, 2.05) is 0 Å². The van der Waals surface area contributed by atoms with E-state index in [1.54, 1.807) is 5.57 Å². The average Bonchev–Trinajstić information content (AvgIpc) is 2.32. The largest absolute Gasteiger partial charge is 0.321 e. The maximum absolute atomic E-state index is 3.95. The third kappa shape index (κ3) is 6.68. The zero-order valence-corrected chi connectivity index (χ0v) is 12.7. The molecule has 0 atom stereocenters. The summed E-state index contributed by atoms with van der Waals surface area (Å²) in [6.45, 7) is 20.2. The number of quaternary nitrogens is 1. The Kier molecular flexibility index (Phi) is 8.24. The SMILES string of the molecule is C=C(C)CCCC=C(C)C[N+](CC)(CC)CC. The molecule has 0 spiro atoms. The minimum absolute atomic E-state index is 1.17. The fraction of sp³-hybridized carbons (Fsp3) is 0.750. The van der Waals surface area contributed by atoms with Gasteiger partial charge in [0.2, 0.25) is 0 Å². The number of unbranched alkanes of at least 4 members (excludes halogenated alkanes) is 1. The van der Waals surface area contributed by atoms with Crippen LogP contribution in [0.4, 0.5) is 0 Å². The first-order valence-corrected chi connectivity index (χ1v) is 7.14. The Hall–Kier alpha value is -0.560. The van der Waals surface area contributed by atoms with Crippen molar-refractivity contribution in [3.63, 3.8) is 0 Å². The molecule has 0 aliphatic rings. The monoisotopic (exact) mass is 238 g/mol. The van der Waals surface area contributed by atoms with Crippen LogP contribution in [0.15, 0.2) is 23.8 Å². The van der Waals surface area contributed by atoms with Crippen LogP contribution < -0.4 is 0 Å². The summed E-state index contributed by atoms with van der Waals surface area (Å²) >= 11 is 0. The minimum Gasteiger partial charge on any atom is -0.321 e. The first-order chi connectivity index (χ1) is 7.99. The fourth-order valence-corrected chi connectivity index (χ4v) is 2.35. The van der Waals surface area contributed by atoms with Gasteiger partial charge in [-0.15, -0.1) is 6.58 Å². The zero-order chi connectivity index (χ0) is 13.3. The second-order valence-corrected chi connectivity index (χ2v) is 5.35. The van der Waals surface area contributed by atoms with Crippen LogP contribution in [0.2, 0.25) is 0 Å². The summed E-state index contributed by atoms with van der Waals surface area (Å²) in [6.07, 6.45) is 6.04. The smallest absolute Gasteiger partial charge is 0.1000 e. The van der Waals surface area contributed by atoms with Crippen LogP contribution in [0, 0.1) is 0 Å². The molecule has 0 fully saturated rings. The molecule has 0 heterocycles. The van der Waals surface area contributed by atoms with Crippen molar-refractivity contribution in [3.8, 4) is 0 Å². The zero-order valence-electron chi connectivity index (χ0n) is 12.7. The Morgan fingerprint density at radius 2 is 1.59 bits per heavy atom. The first-order valence-electron chi connectivity index (χ1n) is 7.14. The highest BCUT2D eigenvalue weighted by atomic mass is 15.3. The van der Waals surface area contributed by atoms with E-state index in [9.17, 15) is 0 Å². The van der Waals surface area contributed by atoms with Crippen LogP contribution in [-0.2, 0) is 0 Å². The lowest BCUT2D eigenvalue weighted by atomic mass is 10.1. The summed E-state index contributed by atoms with van der Waals surface area (Å²) < 4.78 is 1.23. The summed E-state index contributed by atoms with van der Waals surface area (Å²) in [5.41, 5.74) is 2.86. The summed E-state index contributed by atoms with van der Waals surface area (Å²) in [5, 5.41) is 0. The predicted octanol–water partition coefficient (Wildman–Crippen LogP) is 4.56. The Morgan fingerprint density at radius 3 is 2.00 bits per heavy atom. The molecule has 0 aromatic carbocycles. The Bertz CT molecular complexity index is 238. The number of hydrogen-bond acceptors (Lipinski definition) is 0. The third-order valence-corrected chi connectivity index (χ3v) is 3.90. The summed E-state index contributed by atoms with van der Waals surface area (Å²) in [5.74, 6) is 0. The maximum Gasteiger partial charge on any atom is 0.1000 e. The van der Waals surface area contributed by atoms with Crippen LogP contribution in [-0.4, -0.2) is 30.7 Å². The molecular formula is C16H32N+. The van der Waals surface area contributed by atoms with Gasteiger partial charge in [0.05, 0.1) is 26.2 Å². The molecule has 17 heavy (non-hydrogen) atoms. The molecular weight excluding hydrogens is 206 g/mol. The van der Waals surface area contributed by atoms with E-state index >= 15 is 0 Å². The minimum atomic E-state index is 1.17. The highest BCUT2D eigenvalue weighted by Gasteiger charge is 2.20. The van der Waals surface area contributed by atoms with Crippen molar-refractivity contribution in [2.45, 2.75) is 53.9 Å². The van der Waals surface area contributed by atoms with Crippen LogP contribution in [0.5, 0.6) is 0 Å². The molecule has 0 aliphatic carbocycles. The van der Waals surface area contributed by atoms with E-state index in [0.717, 1.165) is 0 Å². The van der Waals surface area contributed by atoms with Gasteiger partial charge in [-0.2, -0.15) is 0 Å². The molecule has 0 saturated carbocycles. The molecule has 0 aliphatic heterocycles. The van der Waals surface area contributed by atoms with E-state index in [0.29, 0.717) is 0 Å². The van der Waals surface area contributed by atoms with Gasteiger partial charge in [0.25, 0.3) is 0 Å². The van der Waals surface area contributed by atoms with E-state index in [1.165, 1.54) is 55.5 Å². The van der Waals surface area contributed by atoms with Crippen molar-refractivity contribution in [1.29, 1.82) is 0 Å². The van der Waals surface area contributed by atoms with Crippen molar-refractivity contribution < 1.29 is 4.48 Å². The van der Waals surface area contributed by atoms with Gasteiger partial charge < -0.3 is 4.48 Å². The van der Waals surface area contributed by atoms with Gasteiger partial charge in [0.1, 0.15) is 0 Å². The molecule has 1 nitrogen and oxygen atoms in total. The first kappa shape index (κ1) is 16.4. The third-order valence-electron chi connectivity index (χ3n) is 3.90. The lowest BCUT2D eigenvalue weighted by Crippen LogP contribution is -2.48. The van der Waals surface area contributed by atoms with E-state index in [4.69, 9.17) is 0 Å². The molecule has 0 unspecified atom stereocenters. The molecule has 100 valence electrons. The Balaban J connectivity index is 4.16. The van der Waals surface area contributed by atoms with Gasteiger partial charge in [-0.25, -0.2) is 0 Å². The molecule has 0 rings (SSSR count). The lowest BCUT2D eigenvalue weighted by molar-refractivity contribution is -0.918. The second kappa shape index (κ2) is 8.52. The second-order valence-electron chi connectivity index (χ2n) is 5.35. The summed E-state index contributed by atoms with van der Waals surface area (Å²) in [4.78, 5) is 0. The molecule has 0 bridgehead atoms. The Labute approximate surface area is 109 Å². The van der Waals surface area contributed by atoms with E-state index in [-0.39, 0.29) is 0 Å². The van der Waals surface area contributed by atoms with Crippen molar-refractivity contribution in [3.05, 3.63) is 23.8 Å². The molecule has 0 amide bonds. The van der Waals surface area contributed by atoms with Crippen LogP contribution in [0.25, 0.3) is 0 Å². The lowest BCUT2D eigenvalue weighted by Gasteiger charge is -2.36. The van der Waals surface area contributed by atoms with Gasteiger partial charge in [-0.1, -0.05) is 11.6 Å². The van der Waals surface area contributed by atoms with Gasteiger partial charge in [-0.3, -0.25) is 0 Å². The van der Waals surface area contributed by atoms with E-state index < -0.39 is 0 Å². The number of rotatable bonds is 9. The summed E-state index contributed by atoms with van der Waals surface area (Å²) in [7, 11) is 0. The van der Waals surface area contributed by atoms with E-state index in [2.05, 4.69) is 47.3 Å². The molecule has 0 saturated heterocycles. The van der Waals surface area contributed by atoms with Gasteiger partial charge in [0, 0.05) is 0 Å². The predicted molar refractivity (Wildman–Crippen MR) is 79.2 cm³/mol. The fourth-order valence-electron chi connectivity index (χ4n) is 2.35. The van der Waals surface area contributed by atoms with Gasteiger partial charge in [0.15, 0.2) is 0 Å². The topological polar surface area (TPSA) is 0 Å². The van der Waals surface area contributed by atoms with Crippen LogP contribution in [0.3, 0.4) is 0 Å². The van der Waals surface area contributed by atoms with Crippen molar-refractivity contribution in [2.75, 3.05) is 26.2 Å². The normalized spacial score (nSPS) is 12.9. The molecule has 0 N–H and O–H groups in total. The molecule has 0 aromatic heterocycles. The van der Waals surface area contributed by atoms with Crippen LogP contribution >= 0.6 is 0 Å². The van der Waals surface area contributed by atoms with Crippen molar-refractivity contribution in [2.24, 2.45) is 0 Å². The maximum atomic E-state index is 3.95. The highest BCUT2D eigenvalue weighted by molar-refractivity contribution is 4.99. The number of hydrogen-bond donors (Lipinski definition) is 0. The highest BCUT2D eigenvalue weighted by Crippen LogP contribution is 2.12. The molecule has 0 radical (unpaired) electrons. The van der Waals surface area contributed by atoms with Gasteiger partial charge >= 0.3 is 0 Å². The number of nitrogens with zero attached hydrogens (tertiary/aromatic N) is 1. The van der Waals surface area contributed by atoms with Gasteiger partial charge in [-0.05, 0) is 59.5 Å². The molecule has 1 heteroatoms. The van der Waals surface area contributed by atoms with Crippen molar-refractivity contribution in [1.82, 2.24) is 0 Å². The molecule has 0 aromatic rings. The summed E-state index contributed by atoms with van der Waals surface area (Å²) in [6, 6.07) is 0. The number of likely N-dealkylation sites (N-methyl/N-ethyl adjacent to an activating group) is 1. The van der Waals surface area contributed by atoms with Crippen molar-refractivity contribution >= 4 is 0 Å². The Morgan fingerprint density at radius 1 is 1.06 bits per heavy atom. The standard InChI is InChI=1S/C16H32N/c1-7-17(8-2,9-3)14-16(6)13-11-10-12-15(4)5/h13H,4,7-12,14H2,1-3,5-6H3/q+1. The number of allylic oxidation sites excluding steroid dienone is 2. The average molecular weight is 238 g/mol. The quantitative estimate of drug-likeness (QED) is 0.314.